The molecule has 0 aliphatic heterocycles. The van der Waals surface area contributed by atoms with Gasteiger partial charge < -0.3 is 0 Å². The average Bonchev–Trinajstić information content (AvgIpc) is 1.88. The van der Waals surface area contributed by atoms with Crippen molar-refractivity contribution in [2.45, 2.75) is 18.1 Å². The van der Waals surface area contributed by atoms with Crippen LogP contribution in [0.2, 0.25) is 18.1 Å². The molecule has 0 unspecified atom stereocenters. The van der Waals surface area contributed by atoms with Crippen LogP contribution in [-0.2, 0) is 0 Å². The molecule has 0 saturated carbocycles. The summed E-state index contributed by atoms with van der Waals surface area (Å²) in [7, 11) is -1.67. The molecule has 0 fully saturated rings. The Morgan fingerprint density at radius 2 is 1.00 bits per heavy atom. The molecule has 0 heterocycles. The first-order valence-electron chi connectivity index (χ1n) is 3.55. The zero-order chi connectivity index (χ0) is 8.74. The summed E-state index contributed by atoms with van der Waals surface area (Å²) in [6, 6.07) is 2.74. The molecule has 0 aliphatic rings. The average molecular weight is 254 g/mol. The van der Waals surface area contributed by atoms with Crippen molar-refractivity contribution in [3.63, 3.8) is 0 Å². The molecule has 0 aromatic rings. The Kier molecular flexibility index (Phi) is 7.70. The van der Waals surface area contributed by atoms with Gasteiger partial charge in [-0.05, 0) is 18.1 Å². The normalized spacial score (nSPS) is 12.0. The van der Waals surface area contributed by atoms with Crippen molar-refractivity contribution in [1.82, 2.24) is 0 Å². The van der Waals surface area contributed by atoms with E-state index in [9.17, 15) is 0 Å². The van der Waals surface area contributed by atoms with E-state index in [2.05, 4.69) is 0 Å². The summed E-state index contributed by atoms with van der Waals surface area (Å²) in [5.41, 5.74) is 0. The molecule has 68 valence electrons. The minimum Gasteiger partial charge on any atom is -0.167 e. The predicted octanol–water partition coefficient (Wildman–Crippen LogP) is 3.89. The van der Waals surface area contributed by atoms with Crippen molar-refractivity contribution >= 4 is 53.3 Å². The molecule has 11 heavy (non-hydrogen) atoms. The standard InChI is InChI=1S/C6H12Cl4Si/c7-1-4-11(10,5-2-8)6-3-9/h1-6H2. The molecule has 0 rings (SSSR count). The zero-order valence-corrected chi connectivity index (χ0v) is 10.3. The second-order valence-electron chi connectivity index (χ2n) is 2.47. The Morgan fingerprint density at radius 1 is 0.727 bits per heavy atom. The van der Waals surface area contributed by atoms with Crippen LogP contribution in [0.1, 0.15) is 0 Å². The quantitative estimate of drug-likeness (QED) is 0.383. The Morgan fingerprint density at radius 3 is 1.18 bits per heavy atom. The fourth-order valence-electron chi connectivity index (χ4n) is 0.883. The molecule has 0 aromatic heterocycles. The molecular weight excluding hydrogens is 242 g/mol. The molecule has 0 atom stereocenters. The fourth-order valence-corrected chi connectivity index (χ4v) is 7.63. The van der Waals surface area contributed by atoms with Gasteiger partial charge in [0.25, 0.3) is 0 Å². The van der Waals surface area contributed by atoms with E-state index in [0.29, 0.717) is 17.6 Å². The highest BCUT2D eigenvalue weighted by Crippen LogP contribution is 2.27. The maximum Gasteiger partial charge on any atom is 0.160 e. The molecule has 0 amide bonds. The summed E-state index contributed by atoms with van der Waals surface area (Å²) in [5, 5.41) is 0. The van der Waals surface area contributed by atoms with Gasteiger partial charge >= 0.3 is 0 Å². The highest BCUT2D eigenvalue weighted by atomic mass is 35.6. The summed E-state index contributed by atoms with van der Waals surface area (Å²) in [6.07, 6.45) is 0. The molecule has 0 spiro atoms. The van der Waals surface area contributed by atoms with Crippen LogP contribution in [-0.4, -0.2) is 25.0 Å². The van der Waals surface area contributed by atoms with E-state index < -0.39 is 7.38 Å². The van der Waals surface area contributed by atoms with Gasteiger partial charge in [-0.3, -0.25) is 0 Å². The topological polar surface area (TPSA) is 0 Å². The molecular formula is C6H12Cl4Si. The van der Waals surface area contributed by atoms with Gasteiger partial charge in [0.15, 0.2) is 7.38 Å². The van der Waals surface area contributed by atoms with Crippen molar-refractivity contribution < 1.29 is 0 Å². The van der Waals surface area contributed by atoms with E-state index >= 15 is 0 Å². The third-order valence-corrected chi connectivity index (χ3v) is 8.28. The Bertz CT molecular complexity index is 81.6. The maximum absolute atomic E-state index is 6.33. The molecule has 0 radical (unpaired) electrons. The lowest BCUT2D eigenvalue weighted by molar-refractivity contribution is 1.23. The molecule has 0 bridgehead atoms. The van der Waals surface area contributed by atoms with E-state index in [1.165, 1.54) is 0 Å². The van der Waals surface area contributed by atoms with Crippen molar-refractivity contribution in [2.75, 3.05) is 17.6 Å². The predicted molar refractivity (Wildman–Crippen MR) is 58.2 cm³/mol. The van der Waals surface area contributed by atoms with Crippen LogP contribution in [0.5, 0.6) is 0 Å². The highest BCUT2D eigenvalue weighted by Gasteiger charge is 2.28. The summed E-state index contributed by atoms with van der Waals surface area (Å²) in [5.74, 6) is 1.89. The first-order chi connectivity index (χ1) is 5.18. The molecule has 0 N–H and O–H groups in total. The molecule has 0 aromatic carbocycles. The van der Waals surface area contributed by atoms with Crippen LogP contribution in [0.4, 0.5) is 0 Å². The maximum atomic E-state index is 6.33. The van der Waals surface area contributed by atoms with Crippen LogP contribution in [0.3, 0.4) is 0 Å². The van der Waals surface area contributed by atoms with Gasteiger partial charge in [0, 0.05) is 17.6 Å². The van der Waals surface area contributed by atoms with Gasteiger partial charge in [-0.25, -0.2) is 0 Å². The third kappa shape index (κ3) is 5.59. The summed E-state index contributed by atoms with van der Waals surface area (Å²) in [6.45, 7) is 0. The van der Waals surface area contributed by atoms with Crippen LogP contribution < -0.4 is 0 Å². The van der Waals surface area contributed by atoms with Crippen LogP contribution in [0.25, 0.3) is 0 Å². The van der Waals surface area contributed by atoms with Gasteiger partial charge in [0.2, 0.25) is 0 Å². The van der Waals surface area contributed by atoms with Crippen LogP contribution in [0, 0.1) is 0 Å². The Labute approximate surface area is 88.9 Å². The molecule has 0 nitrogen and oxygen atoms in total. The van der Waals surface area contributed by atoms with Gasteiger partial charge in [-0.2, -0.15) is 11.1 Å². The van der Waals surface area contributed by atoms with Gasteiger partial charge in [0.05, 0.1) is 0 Å². The smallest absolute Gasteiger partial charge is 0.160 e. The van der Waals surface area contributed by atoms with E-state index in [0.717, 1.165) is 18.1 Å². The lowest BCUT2D eigenvalue weighted by Crippen LogP contribution is -2.28. The van der Waals surface area contributed by atoms with Crippen LogP contribution in [0.15, 0.2) is 0 Å². The Hall–Kier alpha value is 1.38. The largest absolute Gasteiger partial charge is 0.167 e. The third-order valence-electron chi connectivity index (χ3n) is 1.63. The lowest BCUT2D eigenvalue weighted by atomic mass is 10.9. The Balaban J connectivity index is 3.79. The molecule has 0 aliphatic carbocycles. The van der Waals surface area contributed by atoms with E-state index in [1.54, 1.807) is 0 Å². The number of halogens is 4. The summed E-state index contributed by atoms with van der Waals surface area (Å²) < 4.78 is 0. The van der Waals surface area contributed by atoms with Crippen molar-refractivity contribution in [2.24, 2.45) is 0 Å². The SMILES string of the molecule is ClCC[Si](Cl)(CCCl)CCCl. The number of rotatable bonds is 6. The highest BCUT2D eigenvalue weighted by molar-refractivity contribution is 7.20. The summed E-state index contributed by atoms with van der Waals surface area (Å²) in [4.78, 5) is 0. The zero-order valence-electron chi connectivity index (χ0n) is 6.25. The first-order valence-corrected chi connectivity index (χ1v) is 8.79. The summed E-state index contributed by atoms with van der Waals surface area (Å²) >= 11 is 23.2. The van der Waals surface area contributed by atoms with E-state index in [-0.39, 0.29) is 0 Å². The second-order valence-corrected chi connectivity index (χ2v) is 9.81. The minimum absolute atomic E-state index is 0.628. The molecule has 0 saturated heterocycles. The van der Waals surface area contributed by atoms with Crippen molar-refractivity contribution in [1.29, 1.82) is 0 Å². The minimum atomic E-state index is -1.67. The van der Waals surface area contributed by atoms with E-state index in [4.69, 9.17) is 45.9 Å². The monoisotopic (exact) mass is 252 g/mol. The number of hydrogen-bond donors (Lipinski definition) is 0. The first kappa shape index (κ1) is 12.4. The van der Waals surface area contributed by atoms with Crippen LogP contribution >= 0.6 is 45.9 Å². The van der Waals surface area contributed by atoms with E-state index in [1.807, 2.05) is 0 Å². The number of hydrogen-bond acceptors (Lipinski definition) is 0. The van der Waals surface area contributed by atoms with Gasteiger partial charge in [-0.15, -0.1) is 34.8 Å². The van der Waals surface area contributed by atoms with Crippen molar-refractivity contribution in [3.8, 4) is 0 Å². The van der Waals surface area contributed by atoms with Gasteiger partial charge in [0.1, 0.15) is 0 Å². The molecule has 5 heteroatoms. The van der Waals surface area contributed by atoms with Crippen molar-refractivity contribution in [3.05, 3.63) is 0 Å². The number of alkyl halides is 3. The fraction of sp³-hybridized carbons (Fsp3) is 1.00. The second kappa shape index (κ2) is 6.85. The van der Waals surface area contributed by atoms with Gasteiger partial charge in [-0.1, -0.05) is 0 Å². The lowest BCUT2D eigenvalue weighted by Gasteiger charge is -2.20.